The van der Waals surface area contributed by atoms with E-state index in [9.17, 15) is 25.0 Å². The number of carbonyl (C=O) groups excluding carboxylic acids is 1. The van der Waals surface area contributed by atoms with Gasteiger partial charge in [0.15, 0.2) is 10.0 Å². The molecule has 29 heavy (non-hydrogen) atoms. The van der Waals surface area contributed by atoms with Crippen molar-refractivity contribution in [1.82, 2.24) is 9.97 Å². The van der Waals surface area contributed by atoms with Crippen molar-refractivity contribution in [2.75, 3.05) is 0 Å². The van der Waals surface area contributed by atoms with Crippen LogP contribution in [0, 0.1) is 31.6 Å². The molecule has 0 aliphatic heterocycles. The summed E-state index contributed by atoms with van der Waals surface area (Å²) in [7, 11) is 0. The number of primary amides is 1. The Hall–Kier alpha value is -4.02. The molecule has 0 unspecified atom stereocenters. The monoisotopic (exact) mass is 428 g/mol. The minimum atomic E-state index is -0.626. The number of carbonyl (C=O) groups is 1. The smallest absolute Gasteiger partial charge is 0.277 e. The first-order valence-electron chi connectivity index (χ1n) is 7.58. The van der Waals surface area contributed by atoms with Gasteiger partial charge in [-0.3, -0.25) is 25.0 Å². The molecular weight excluding hydrogens is 420 g/mol. The van der Waals surface area contributed by atoms with E-state index in [4.69, 9.17) is 11.0 Å². The van der Waals surface area contributed by atoms with Crippen LogP contribution < -0.4 is 5.73 Å². The summed E-state index contributed by atoms with van der Waals surface area (Å²) < 4.78 is 1.24. The van der Waals surface area contributed by atoms with Gasteiger partial charge in [-0.05, 0) is 12.1 Å². The van der Waals surface area contributed by atoms with Crippen molar-refractivity contribution in [3.05, 3.63) is 66.6 Å². The molecule has 0 saturated heterocycles. The number of benzene rings is 2. The van der Waals surface area contributed by atoms with E-state index in [-0.39, 0.29) is 16.4 Å². The Morgan fingerprint density at radius 3 is 1.97 bits per heavy atom. The van der Waals surface area contributed by atoms with Crippen molar-refractivity contribution in [3.8, 4) is 6.07 Å². The number of rotatable bonds is 3. The van der Waals surface area contributed by atoms with Crippen molar-refractivity contribution in [1.29, 1.82) is 5.26 Å². The molecular formula is C16H8N6O5S2. The molecule has 4 aromatic rings. The SMILES string of the molecule is N#Cc1nc2ccc([N+](=O)[O-])cc2s1.NC(=O)c1nc2ccc([N+](=O)[O-])cc2s1. The number of non-ortho nitro benzene ring substituents is 2. The van der Waals surface area contributed by atoms with E-state index >= 15 is 0 Å². The van der Waals surface area contributed by atoms with Crippen molar-refractivity contribution in [2.24, 2.45) is 5.73 Å². The summed E-state index contributed by atoms with van der Waals surface area (Å²) in [5.41, 5.74) is 6.21. The molecule has 0 fully saturated rings. The van der Waals surface area contributed by atoms with Crippen LogP contribution in [-0.2, 0) is 0 Å². The van der Waals surface area contributed by atoms with Crippen LogP contribution in [0.1, 0.15) is 14.8 Å². The lowest BCUT2D eigenvalue weighted by atomic mass is 10.3. The number of aromatic nitrogens is 2. The number of amides is 1. The second-order valence-corrected chi connectivity index (χ2v) is 7.39. The minimum Gasteiger partial charge on any atom is -0.364 e. The lowest BCUT2D eigenvalue weighted by molar-refractivity contribution is -0.384. The Bertz CT molecular complexity index is 1310. The Labute approximate surface area is 169 Å². The van der Waals surface area contributed by atoms with Crippen LogP contribution in [0.4, 0.5) is 11.4 Å². The summed E-state index contributed by atoms with van der Waals surface area (Å²) in [4.78, 5) is 38.7. The highest BCUT2D eigenvalue weighted by Crippen LogP contribution is 2.26. The highest BCUT2D eigenvalue weighted by atomic mass is 32.1. The molecule has 0 radical (unpaired) electrons. The second-order valence-electron chi connectivity index (χ2n) is 5.33. The maximum absolute atomic E-state index is 10.8. The molecule has 13 heteroatoms. The third-order valence-electron chi connectivity index (χ3n) is 3.47. The van der Waals surface area contributed by atoms with Crippen LogP contribution in [0.2, 0.25) is 0 Å². The van der Waals surface area contributed by atoms with Gasteiger partial charge in [-0.15, -0.1) is 22.7 Å². The zero-order chi connectivity index (χ0) is 21.1. The highest BCUT2D eigenvalue weighted by Gasteiger charge is 2.12. The Morgan fingerprint density at radius 1 is 0.966 bits per heavy atom. The number of nitrogens with zero attached hydrogens (tertiary/aromatic N) is 5. The van der Waals surface area contributed by atoms with Crippen molar-refractivity contribution >= 4 is 60.4 Å². The Morgan fingerprint density at radius 2 is 1.48 bits per heavy atom. The number of nitrogens with two attached hydrogens (primary N) is 1. The Kier molecular flexibility index (Phi) is 5.39. The van der Waals surface area contributed by atoms with Gasteiger partial charge in [0, 0.05) is 24.3 Å². The first kappa shape index (κ1) is 19.7. The van der Waals surface area contributed by atoms with Crippen LogP contribution in [0.5, 0.6) is 0 Å². The van der Waals surface area contributed by atoms with E-state index in [1.54, 1.807) is 6.07 Å². The number of hydrogen-bond donors (Lipinski definition) is 1. The number of fused-ring (bicyclic) bond motifs is 2. The summed E-state index contributed by atoms with van der Waals surface area (Å²) >= 11 is 2.20. The van der Waals surface area contributed by atoms with Gasteiger partial charge in [0.25, 0.3) is 17.3 Å². The molecule has 0 bridgehead atoms. The van der Waals surface area contributed by atoms with E-state index < -0.39 is 15.8 Å². The predicted molar refractivity (Wildman–Crippen MR) is 106 cm³/mol. The van der Waals surface area contributed by atoms with Crippen LogP contribution in [0.3, 0.4) is 0 Å². The number of nitriles is 1. The van der Waals surface area contributed by atoms with Crippen molar-refractivity contribution in [3.63, 3.8) is 0 Å². The molecule has 2 N–H and O–H groups in total. The predicted octanol–water partition coefficient (Wildman–Crippen LogP) is 3.38. The van der Waals surface area contributed by atoms with Gasteiger partial charge in [-0.25, -0.2) is 9.97 Å². The van der Waals surface area contributed by atoms with E-state index in [0.29, 0.717) is 25.4 Å². The molecule has 0 saturated carbocycles. The molecule has 11 nitrogen and oxygen atoms in total. The fourth-order valence-corrected chi connectivity index (χ4v) is 3.85. The van der Waals surface area contributed by atoms with Gasteiger partial charge in [-0.1, -0.05) is 0 Å². The first-order valence-corrected chi connectivity index (χ1v) is 9.21. The second kappa shape index (κ2) is 7.92. The van der Waals surface area contributed by atoms with Gasteiger partial charge in [0.1, 0.15) is 6.07 Å². The number of hydrogen-bond acceptors (Lipinski definition) is 10. The normalized spacial score (nSPS) is 10.2. The van der Waals surface area contributed by atoms with Crippen LogP contribution in [-0.4, -0.2) is 25.7 Å². The summed E-state index contributed by atoms with van der Waals surface area (Å²) in [6.07, 6.45) is 0. The summed E-state index contributed by atoms with van der Waals surface area (Å²) in [5.74, 6) is -0.626. The number of nitro benzene ring substituents is 2. The van der Waals surface area contributed by atoms with Crippen molar-refractivity contribution < 1.29 is 14.6 Å². The summed E-state index contributed by atoms with van der Waals surface area (Å²) in [6.45, 7) is 0. The van der Waals surface area contributed by atoms with E-state index in [1.807, 2.05) is 6.07 Å². The quantitative estimate of drug-likeness (QED) is 0.381. The average molecular weight is 428 g/mol. The van der Waals surface area contributed by atoms with Gasteiger partial charge in [0.05, 0.1) is 30.3 Å². The van der Waals surface area contributed by atoms with E-state index in [2.05, 4.69) is 9.97 Å². The molecule has 4 rings (SSSR count). The van der Waals surface area contributed by atoms with Crippen LogP contribution in [0.25, 0.3) is 20.4 Å². The molecule has 0 atom stereocenters. The highest BCUT2D eigenvalue weighted by molar-refractivity contribution is 7.20. The van der Waals surface area contributed by atoms with Crippen LogP contribution in [0.15, 0.2) is 36.4 Å². The fraction of sp³-hybridized carbons (Fsp3) is 0. The van der Waals surface area contributed by atoms with E-state index in [0.717, 1.165) is 22.7 Å². The lowest BCUT2D eigenvalue weighted by Crippen LogP contribution is -2.09. The Balaban J connectivity index is 0.000000166. The maximum atomic E-state index is 10.8. The largest absolute Gasteiger partial charge is 0.364 e. The maximum Gasteiger partial charge on any atom is 0.277 e. The molecule has 2 aromatic heterocycles. The van der Waals surface area contributed by atoms with Gasteiger partial charge in [-0.2, -0.15) is 5.26 Å². The summed E-state index contributed by atoms with van der Waals surface area (Å²) in [6, 6.07) is 10.5. The zero-order valence-electron chi connectivity index (χ0n) is 14.1. The standard InChI is InChI=1S/C8H5N3O3S.C8H3N3O2S/c9-7(12)8-10-5-2-1-4(11(13)14)3-6(5)15-8;9-4-8-10-6-2-1-5(11(12)13)3-7(6)14-8/h1-3H,(H2,9,12);1-3H. The lowest BCUT2D eigenvalue weighted by Gasteiger charge is -1.88. The molecule has 0 aliphatic carbocycles. The van der Waals surface area contributed by atoms with Crippen LogP contribution >= 0.6 is 22.7 Å². The molecule has 2 aromatic carbocycles. The number of nitro groups is 2. The van der Waals surface area contributed by atoms with Gasteiger partial charge in [0.2, 0.25) is 0 Å². The zero-order valence-corrected chi connectivity index (χ0v) is 15.8. The molecule has 0 aliphatic rings. The average Bonchev–Trinajstić information content (AvgIpc) is 3.30. The van der Waals surface area contributed by atoms with Gasteiger partial charge >= 0.3 is 0 Å². The van der Waals surface area contributed by atoms with Crippen molar-refractivity contribution in [2.45, 2.75) is 0 Å². The molecule has 144 valence electrons. The first-order chi connectivity index (χ1) is 13.8. The fourth-order valence-electron chi connectivity index (χ4n) is 2.21. The summed E-state index contributed by atoms with van der Waals surface area (Å²) in [5, 5.41) is 30.0. The third-order valence-corrected chi connectivity index (χ3v) is 5.43. The van der Waals surface area contributed by atoms with E-state index in [1.165, 1.54) is 30.3 Å². The molecule has 1 amide bonds. The number of thiazole rings is 2. The molecule has 0 spiro atoms. The minimum absolute atomic E-state index is 0.0191. The third kappa shape index (κ3) is 4.29. The topological polar surface area (TPSA) is 179 Å². The molecule has 2 heterocycles. The van der Waals surface area contributed by atoms with Gasteiger partial charge < -0.3 is 5.73 Å².